The lowest BCUT2D eigenvalue weighted by Gasteiger charge is -2.17. The third-order valence-corrected chi connectivity index (χ3v) is 4.44. The van der Waals surface area contributed by atoms with Gasteiger partial charge in [-0.1, -0.05) is 60.7 Å². The van der Waals surface area contributed by atoms with Crippen LogP contribution in [0.4, 0.5) is 5.69 Å². The Balaban J connectivity index is 1.69. The predicted molar refractivity (Wildman–Crippen MR) is 111 cm³/mol. The Morgan fingerprint density at radius 1 is 0.929 bits per heavy atom. The van der Waals surface area contributed by atoms with Crippen molar-refractivity contribution < 1.29 is 14.3 Å². The predicted octanol–water partition coefficient (Wildman–Crippen LogP) is 4.89. The average molecular weight is 373 g/mol. The lowest BCUT2D eigenvalue weighted by atomic mass is 10.0. The number of ether oxygens (including phenoxy) is 1. The van der Waals surface area contributed by atoms with E-state index >= 15 is 0 Å². The van der Waals surface area contributed by atoms with Gasteiger partial charge in [0.2, 0.25) is 0 Å². The summed E-state index contributed by atoms with van der Waals surface area (Å²) in [6, 6.07) is 24.7. The Kier molecular flexibility index (Phi) is 6.22. The van der Waals surface area contributed by atoms with Crippen molar-refractivity contribution in [2.24, 2.45) is 0 Å². The zero-order valence-electron chi connectivity index (χ0n) is 16.0. The Morgan fingerprint density at radius 3 is 2.39 bits per heavy atom. The molecule has 3 aromatic rings. The van der Waals surface area contributed by atoms with Gasteiger partial charge in [-0.2, -0.15) is 0 Å². The second kappa shape index (κ2) is 9.00. The third kappa shape index (κ3) is 5.07. The summed E-state index contributed by atoms with van der Waals surface area (Å²) in [4.78, 5) is 24.1. The number of carbonyl (C=O) groups is 2. The van der Waals surface area contributed by atoms with E-state index in [9.17, 15) is 9.59 Å². The van der Waals surface area contributed by atoms with Crippen molar-refractivity contribution in [2.45, 2.75) is 26.4 Å². The molecule has 142 valence electrons. The molecular weight excluding hydrogens is 350 g/mol. The minimum Gasteiger partial charge on any atom is -0.481 e. The van der Waals surface area contributed by atoms with Crippen molar-refractivity contribution in [3.63, 3.8) is 0 Å². The smallest absolute Gasteiger partial charge is 0.265 e. The second-order valence-corrected chi connectivity index (χ2v) is 6.65. The van der Waals surface area contributed by atoms with Crippen LogP contribution >= 0.6 is 0 Å². The van der Waals surface area contributed by atoms with Gasteiger partial charge in [-0.15, -0.1) is 0 Å². The van der Waals surface area contributed by atoms with Gasteiger partial charge in [0.15, 0.2) is 11.9 Å². The number of anilines is 1. The van der Waals surface area contributed by atoms with Gasteiger partial charge in [-0.3, -0.25) is 9.59 Å². The summed E-state index contributed by atoms with van der Waals surface area (Å²) in [6.07, 6.45) is 0.0275. The minimum atomic E-state index is -0.702. The number of hydrogen-bond acceptors (Lipinski definition) is 3. The van der Waals surface area contributed by atoms with Crippen molar-refractivity contribution in [3.8, 4) is 5.75 Å². The van der Waals surface area contributed by atoms with E-state index in [2.05, 4.69) is 17.4 Å². The summed E-state index contributed by atoms with van der Waals surface area (Å²) >= 11 is 0. The van der Waals surface area contributed by atoms with Gasteiger partial charge in [0, 0.05) is 11.3 Å². The molecule has 0 fully saturated rings. The maximum Gasteiger partial charge on any atom is 0.265 e. The van der Waals surface area contributed by atoms with Crippen molar-refractivity contribution >= 4 is 17.4 Å². The van der Waals surface area contributed by atoms with Gasteiger partial charge in [-0.05, 0) is 49.6 Å². The molecule has 0 aromatic heterocycles. The number of rotatable bonds is 7. The van der Waals surface area contributed by atoms with E-state index in [-0.39, 0.29) is 11.7 Å². The molecule has 1 unspecified atom stereocenters. The molecule has 0 aliphatic carbocycles. The Bertz CT molecular complexity index is 966. The third-order valence-electron chi connectivity index (χ3n) is 4.44. The first-order valence-electron chi connectivity index (χ1n) is 9.23. The maximum absolute atomic E-state index is 12.6. The molecule has 0 aliphatic rings. The summed E-state index contributed by atoms with van der Waals surface area (Å²) in [5, 5.41) is 2.96. The Morgan fingerprint density at radius 2 is 1.64 bits per heavy atom. The number of para-hydroxylation sites is 1. The zero-order chi connectivity index (χ0) is 19.9. The zero-order valence-corrected chi connectivity index (χ0v) is 16.0. The number of nitrogens with one attached hydrogen (secondary N) is 1. The SMILES string of the molecule is CC(=O)c1cccc(OC(C)C(=O)Nc2ccccc2Cc2ccccc2)c1. The Labute approximate surface area is 165 Å². The van der Waals surface area contributed by atoms with E-state index in [1.807, 2.05) is 42.5 Å². The molecule has 0 heterocycles. The summed E-state index contributed by atoms with van der Waals surface area (Å²) in [7, 11) is 0. The first kappa shape index (κ1) is 19.4. The van der Waals surface area contributed by atoms with Crippen LogP contribution in [0, 0.1) is 0 Å². The second-order valence-electron chi connectivity index (χ2n) is 6.65. The van der Waals surface area contributed by atoms with E-state index in [0.29, 0.717) is 11.3 Å². The maximum atomic E-state index is 12.6. The first-order valence-corrected chi connectivity index (χ1v) is 9.23. The molecule has 0 saturated carbocycles. The van der Waals surface area contributed by atoms with Gasteiger partial charge >= 0.3 is 0 Å². The summed E-state index contributed by atoms with van der Waals surface area (Å²) < 4.78 is 5.73. The molecule has 28 heavy (non-hydrogen) atoms. The van der Waals surface area contributed by atoms with Gasteiger partial charge in [-0.25, -0.2) is 0 Å². The average Bonchev–Trinajstić information content (AvgIpc) is 2.70. The largest absolute Gasteiger partial charge is 0.481 e. The van der Waals surface area contributed by atoms with Crippen LogP contribution in [0.5, 0.6) is 5.75 Å². The highest BCUT2D eigenvalue weighted by Gasteiger charge is 2.17. The van der Waals surface area contributed by atoms with Gasteiger partial charge in [0.1, 0.15) is 5.75 Å². The molecule has 0 spiro atoms. The molecule has 0 saturated heterocycles. The molecule has 0 bridgehead atoms. The van der Waals surface area contributed by atoms with Gasteiger partial charge < -0.3 is 10.1 Å². The minimum absolute atomic E-state index is 0.0441. The number of hydrogen-bond donors (Lipinski definition) is 1. The topological polar surface area (TPSA) is 55.4 Å². The standard InChI is InChI=1S/C24H23NO3/c1-17(26)20-12-8-13-22(16-20)28-18(2)24(27)25-23-14-7-6-11-21(23)15-19-9-4-3-5-10-19/h3-14,16,18H,15H2,1-2H3,(H,25,27). The Hall–Kier alpha value is -3.40. The summed E-state index contributed by atoms with van der Waals surface area (Å²) in [5.41, 5.74) is 3.53. The normalized spacial score (nSPS) is 11.5. The van der Waals surface area contributed by atoms with E-state index in [1.165, 1.54) is 12.5 Å². The first-order chi connectivity index (χ1) is 13.5. The number of carbonyl (C=O) groups excluding carboxylic acids is 2. The fraction of sp³-hybridized carbons (Fsp3) is 0.167. The monoisotopic (exact) mass is 373 g/mol. The van der Waals surface area contributed by atoms with Crippen LogP contribution in [0.15, 0.2) is 78.9 Å². The fourth-order valence-corrected chi connectivity index (χ4v) is 2.89. The van der Waals surface area contributed by atoms with E-state index in [1.54, 1.807) is 31.2 Å². The van der Waals surface area contributed by atoms with Crippen LogP contribution in [0.3, 0.4) is 0 Å². The molecule has 4 nitrogen and oxygen atoms in total. The number of amides is 1. The van der Waals surface area contributed by atoms with E-state index in [0.717, 1.165) is 17.7 Å². The lowest BCUT2D eigenvalue weighted by Crippen LogP contribution is -2.30. The molecular formula is C24H23NO3. The van der Waals surface area contributed by atoms with Crippen LogP contribution < -0.4 is 10.1 Å². The lowest BCUT2D eigenvalue weighted by molar-refractivity contribution is -0.122. The molecule has 3 rings (SSSR count). The molecule has 0 radical (unpaired) electrons. The van der Waals surface area contributed by atoms with Gasteiger partial charge in [0.05, 0.1) is 0 Å². The quantitative estimate of drug-likeness (QED) is 0.600. The van der Waals surface area contributed by atoms with Crippen molar-refractivity contribution in [1.29, 1.82) is 0 Å². The van der Waals surface area contributed by atoms with Crippen molar-refractivity contribution in [3.05, 3.63) is 95.6 Å². The van der Waals surface area contributed by atoms with Crippen molar-refractivity contribution in [2.75, 3.05) is 5.32 Å². The fourth-order valence-electron chi connectivity index (χ4n) is 2.89. The number of ketones is 1. The van der Waals surface area contributed by atoms with Crippen LogP contribution in [-0.4, -0.2) is 17.8 Å². The molecule has 4 heteroatoms. The number of benzene rings is 3. The summed E-state index contributed by atoms with van der Waals surface area (Å²) in [5.74, 6) is 0.207. The number of Topliss-reactive ketones (excluding diaryl/α,β-unsaturated/α-hetero) is 1. The molecule has 0 aliphatic heterocycles. The molecule has 1 N–H and O–H groups in total. The van der Waals surface area contributed by atoms with Gasteiger partial charge in [0.25, 0.3) is 5.91 Å². The highest BCUT2D eigenvalue weighted by atomic mass is 16.5. The van der Waals surface area contributed by atoms with Crippen LogP contribution in [0.1, 0.15) is 35.3 Å². The molecule has 1 amide bonds. The van der Waals surface area contributed by atoms with E-state index in [4.69, 9.17) is 4.74 Å². The molecule has 3 aromatic carbocycles. The summed E-state index contributed by atoms with van der Waals surface area (Å²) in [6.45, 7) is 3.19. The van der Waals surface area contributed by atoms with Crippen molar-refractivity contribution in [1.82, 2.24) is 0 Å². The van der Waals surface area contributed by atoms with Crippen LogP contribution in [-0.2, 0) is 11.2 Å². The highest BCUT2D eigenvalue weighted by Crippen LogP contribution is 2.20. The highest BCUT2D eigenvalue weighted by molar-refractivity contribution is 5.95. The molecule has 1 atom stereocenters. The van der Waals surface area contributed by atoms with Crippen LogP contribution in [0.2, 0.25) is 0 Å². The van der Waals surface area contributed by atoms with E-state index < -0.39 is 6.10 Å². The van der Waals surface area contributed by atoms with Crippen LogP contribution in [0.25, 0.3) is 0 Å².